The van der Waals surface area contributed by atoms with Crippen LogP contribution >= 0.6 is 11.9 Å². The average Bonchev–Trinajstić information content (AvgIpc) is 3.30. The molecule has 38 heavy (non-hydrogen) atoms. The first-order chi connectivity index (χ1) is 18.2. The van der Waals surface area contributed by atoms with Crippen molar-refractivity contribution < 1.29 is 22.7 Å². The molecule has 0 aliphatic heterocycles. The van der Waals surface area contributed by atoms with Crippen molar-refractivity contribution in [2.24, 2.45) is 0 Å². The van der Waals surface area contributed by atoms with E-state index in [2.05, 4.69) is 25.8 Å². The highest BCUT2D eigenvalue weighted by Crippen LogP contribution is 2.29. The molecule has 5 aromatic rings. The van der Waals surface area contributed by atoms with E-state index in [1.165, 1.54) is 24.1 Å². The number of carbonyl (C=O) groups is 1. The summed E-state index contributed by atoms with van der Waals surface area (Å²) in [7, 11) is 0. The molecule has 0 atom stereocenters. The van der Waals surface area contributed by atoms with Crippen LogP contribution in [0.3, 0.4) is 0 Å². The number of imidazole rings is 1. The Balaban J connectivity index is 1.28. The fourth-order valence-corrected chi connectivity index (χ4v) is 4.90. The number of nitrogens with zero attached hydrogens (tertiary/aromatic N) is 2. The lowest BCUT2D eigenvalue weighted by atomic mass is 10.1. The number of aryl methyl sites for hydroxylation is 2. The first-order valence-corrected chi connectivity index (χ1v) is 12.7. The lowest BCUT2D eigenvalue weighted by molar-refractivity contribution is -0.274. The van der Waals surface area contributed by atoms with Crippen LogP contribution in [0.5, 0.6) is 5.75 Å². The third kappa shape index (κ3) is 5.55. The lowest BCUT2D eigenvalue weighted by Crippen LogP contribution is -2.23. The molecule has 1 heterocycles. The van der Waals surface area contributed by atoms with E-state index in [0.717, 1.165) is 44.2 Å². The fraction of sp³-hybridized carbons (Fsp3) is 0.143. The van der Waals surface area contributed by atoms with Crippen LogP contribution < -0.4 is 14.8 Å². The molecule has 0 unspecified atom stereocenters. The molecule has 0 aliphatic carbocycles. The molecule has 2 N–H and O–H groups in total. The third-order valence-electron chi connectivity index (χ3n) is 6.07. The predicted octanol–water partition coefficient (Wildman–Crippen LogP) is 7.66. The van der Waals surface area contributed by atoms with Crippen molar-refractivity contribution in [2.75, 3.05) is 5.32 Å². The number of amides is 2. The maximum Gasteiger partial charge on any atom is 0.573 e. The minimum absolute atomic E-state index is 0.279. The standard InChI is InChI=1S/C28H23F3N4O2S/c1-17-4-3-5-18(2)25(17)33-27(36)34-38-15-19-6-12-23-20(14-19)7-13-24-26(23)32-16-35(24)21-8-10-22(11-9-21)37-28(29,30)31/h3-14,16H,15H2,1-2H3,(H2,33,34,36). The van der Waals surface area contributed by atoms with Crippen LogP contribution in [0.1, 0.15) is 16.7 Å². The second-order valence-corrected chi connectivity index (χ2v) is 9.54. The molecule has 4 aromatic carbocycles. The Labute approximate surface area is 221 Å². The molecule has 5 rings (SSSR count). The summed E-state index contributed by atoms with van der Waals surface area (Å²) in [5.74, 6) is 0.299. The Hall–Kier alpha value is -4.18. The van der Waals surface area contributed by atoms with Gasteiger partial charge in [0.25, 0.3) is 0 Å². The van der Waals surface area contributed by atoms with Gasteiger partial charge in [-0.15, -0.1) is 13.2 Å². The summed E-state index contributed by atoms with van der Waals surface area (Å²) in [6.45, 7) is 3.90. The molecule has 0 spiro atoms. The number of rotatable bonds is 6. The van der Waals surface area contributed by atoms with E-state index in [1.54, 1.807) is 18.5 Å². The number of aromatic nitrogens is 2. The van der Waals surface area contributed by atoms with E-state index >= 15 is 0 Å². The fourth-order valence-electron chi connectivity index (χ4n) is 4.30. The zero-order valence-electron chi connectivity index (χ0n) is 20.5. The Morgan fingerprint density at radius 2 is 1.74 bits per heavy atom. The normalized spacial score (nSPS) is 11.6. The van der Waals surface area contributed by atoms with Crippen LogP contribution in [0.2, 0.25) is 0 Å². The van der Waals surface area contributed by atoms with Gasteiger partial charge in [-0.1, -0.05) is 42.5 Å². The molecular formula is C28H23F3N4O2S. The smallest absolute Gasteiger partial charge is 0.406 e. The zero-order valence-corrected chi connectivity index (χ0v) is 21.3. The summed E-state index contributed by atoms with van der Waals surface area (Å²) in [6.07, 6.45) is -3.09. The van der Waals surface area contributed by atoms with Gasteiger partial charge in [-0.3, -0.25) is 9.29 Å². The zero-order chi connectivity index (χ0) is 26.9. The number of hydrogen-bond acceptors (Lipinski definition) is 4. The summed E-state index contributed by atoms with van der Waals surface area (Å²) in [5.41, 5.74) is 6.12. The highest BCUT2D eigenvalue weighted by Gasteiger charge is 2.31. The lowest BCUT2D eigenvalue weighted by Gasteiger charge is -2.12. The first kappa shape index (κ1) is 25.5. The number of anilines is 1. The van der Waals surface area contributed by atoms with Gasteiger partial charge in [-0.05, 0) is 78.2 Å². The van der Waals surface area contributed by atoms with Crippen LogP contribution in [0.15, 0.2) is 79.1 Å². The number of fused-ring (bicyclic) bond motifs is 3. The highest BCUT2D eigenvalue weighted by atomic mass is 32.2. The largest absolute Gasteiger partial charge is 0.573 e. The number of carbonyl (C=O) groups excluding carboxylic acids is 1. The third-order valence-corrected chi connectivity index (χ3v) is 6.88. The van der Waals surface area contributed by atoms with E-state index < -0.39 is 6.36 Å². The summed E-state index contributed by atoms with van der Waals surface area (Å²) in [5, 5.41) is 4.85. The molecule has 6 nitrogen and oxygen atoms in total. The van der Waals surface area contributed by atoms with E-state index in [4.69, 9.17) is 0 Å². The molecule has 2 amide bonds. The number of para-hydroxylation sites is 1. The molecule has 1 aromatic heterocycles. The van der Waals surface area contributed by atoms with Crippen molar-refractivity contribution in [3.8, 4) is 11.4 Å². The monoisotopic (exact) mass is 536 g/mol. The van der Waals surface area contributed by atoms with E-state index in [-0.39, 0.29) is 11.8 Å². The van der Waals surface area contributed by atoms with Crippen LogP contribution in [-0.2, 0) is 5.75 Å². The van der Waals surface area contributed by atoms with Crippen molar-refractivity contribution in [3.63, 3.8) is 0 Å². The van der Waals surface area contributed by atoms with Gasteiger partial charge < -0.3 is 10.1 Å². The minimum Gasteiger partial charge on any atom is -0.406 e. The van der Waals surface area contributed by atoms with Crippen molar-refractivity contribution in [1.82, 2.24) is 14.3 Å². The molecule has 10 heteroatoms. The SMILES string of the molecule is Cc1cccc(C)c1NC(=O)NSCc1ccc2c(ccc3c2ncn3-c2ccc(OC(F)(F)F)cc2)c1. The summed E-state index contributed by atoms with van der Waals surface area (Å²) >= 11 is 1.30. The van der Waals surface area contributed by atoms with Gasteiger partial charge >= 0.3 is 12.4 Å². The average molecular weight is 537 g/mol. The Morgan fingerprint density at radius 1 is 1.00 bits per heavy atom. The molecular weight excluding hydrogens is 513 g/mol. The molecule has 0 aliphatic rings. The van der Waals surface area contributed by atoms with Crippen molar-refractivity contribution in [3.05, 3.63) is 95.8 Å². The number of hydrogen-bond donors (Lipinski definition) is 2. The maximum atomic E-state index is 12.5. The molecule has 0 saturated heterocycles. The number of ether oxygens (including phenoxy) is 1. The van der Waals surface area contributed by atoms with Gasteiger partial charge in [0.05, 0.1) is 11.0 Å². The Morgan fingerprint density at radius 3 is 2.45 bits per heavy atom. The number of alkyl halides is 3. The van der Waals surface area contributed by atoms with Crippen LogP contribution in [0, 0.1) is 13.8 Å². The van der Waals surface area contributed by atoms with E-state index in [1.807, 2.05) is 60.9 Å². The van der Waals surface area contributed by atoms with Crippen molar-refractivity contribution >= 4 is 45.5 Å². The van der Waals surface area contributed by atoms with Gasteiger partial charge in [0.1, 0.15) is 12.1 Å². The molecule has 0 fully saturated rings. The molecule has 0 saturated carbocycles. The Bertz CT molecular complexity index is 1610. The minimum atomic E-state index is -4.73. The van der Waals surface area contributed by atoms with Crippen LogP contribution in [0.25, 0.3) is 27.5 Å². The quantitative estimate of drug-likeness (QED) is 0.219. The first-order valence-electron chi connectivity index (χ1n) is 11.7. The molecule has 0 radical (unpaired) electrons. The number of benzene rings is 4. The Kier molecular flexibility index (Phi) is 6.90. The van der Waals surface area contributed by atoms with Crippen molar-refractivity contribution in [2.45, 2.75) is 26.0 Å². The number of nitrogens with one attached hydrogen (secondary N) is 2. The van der Waals surface area contributed by atoms with Crippen molar-refractivity contribution in [1.29, 1.82) is 0 Å². The van der Waals surface area contributed by atoms with E-state index in [0.29, 0.717) is 11.4 Å². The topological polar surface area (TPSA) is 68.2 Å². The number of halogens is 3. The van der Waals surface area contributed by atoms with E-state index in [9.17, 15) is 18.0 Å². The second kappa shape index (κ2) is 10.3. The predicted molar refractivity (Wildman–Crippen MR) is 145 cm³/mol. The summed E-state index contributed by atoms with van der Waals surface area (Å²) in [4.78, 5) is 16.9. The van der Waals surface area contributed by atoms with Crippen LogP contribution in [0.4, 0.5) is 23.7 Å². The molecule has 194 valence electrons. The van der Waals surface area contributed by atoms with Crippen LogP contribution in [-0.4, -0.2) is 21.9 Å². The second-order valence-electron chi connectivity index (χ2n) is 8.76. The van der Waals surface area contributed by atoms with Gasteiger partial charge in [-0.25, -0.2) is 9.78 Å². The summed E-state index contributed by atoms with van der Waals surface area (Å²) < 4.78 is 46.0. The van der Waals surface area contributed by atoms with Gasteiger partial charge in [0.2, 0.25) is 0 Å². The molecule has 0 bridgehead atoms. The van der Waals surface area contributed by atoms with Gasteiger partial charge in [-0.2, -0.15) is 0 Å². The highest BCUT2D eigenvalue weighted by molar-refractivity contribution is 7.97. The summed E-state index contributed by atoms with van der Waals surface area (Å²) in [6, 6.07) is 21.2. The number of urea groups is 1. The van der Waals surface area contributed by atoms with Gasteiger partial charge in [0, 0.05) is 22.5 Å². The van der Waals surface area contributed by atoms with Gasteiger partial charge in [0.15, 0.2) is 0 Å². The maximum absolute atomic E-state index is 12.5.